The number of rotatable bonds is 2. The SMILES string of the molecule is CCC1(C)CC(O)(c2sccc2C)CCO1. The first-order chi connectivity index (χ1) is 7.49. The molecular formula is C13H20O2S. The third-order valence-corrected chi connectivity index (χ3v) is 4.88. The fraction of sp³-hybridized carbons (Fsp3) is 0.692. The maximum atomic E-state index is 10.8. The fourth-order valence-corrected chi connectivity index (χ4v) is 3.55. The lowest BCUT2D eigenvalue weighted by atomic mass is 9.80. The first-order valence-corrected chi connectivity index (χ1v) is 6.78. The minimum Gasteiger partial charge on any atom is -0.384 e. The van der Waals surface area contributed by atoms with Crippen molar-refractivity contribution in [3.63, 3.8) is 0 Å². The maximum Gasteiger partial charge on any atom is 0.104 e. The summed E-state index contributed by atoms with van der Waals surface area (Å²) >= 11 is 1.66. The Kier molecular flexibility index (Phi) is 3.12. The summed E-state index contributed by atoms with van der Waals surface area (Å²) in [6.07, 6.45) is 2.36. The van der Waals surface area contributed by atoms with Crippen LogP contribution in [0.3, 0.4) is 0 Å². The summed E-state index contributed by atoms with van der Waals surface area (Å²) in [6.45, 7) is 6.94. The van der Waals surface area contributed by atoms with Crippen LogP contribution < -0.4 is 0 Å². The minimum absolute atomic E-state index is 0.177. The molecule has 0 radical (unpaired) electrons. The predicted octanol–water partition coefficient (Wildman–Crippen LogP) is 3.22. The van der Waals surface area contributed by atoms with Gasteiger partial charge < -0.3 is 9.84 Å². The van der Waals surface area contributed by atoms with E-state index in [1.807, 2.05) is 0 Å². The van der Waals surface area contributed by atoms with E-state index in [9.17, 15) is 5.11 Å². The van der Waals surface area contributed by atoms with E-state index in [2.05, 4.69) is 32.2 Å². The van der Waals surface area contributed by atoms with Crippen molar-refractivity contribution < 1.29 is 9.84 Å². The van der Waals surface area contributed by atoms with Crippen molar-refractivity contribution in [2.75, 3.05) is 6.61 Å². The first kappa shape index (κ1) is 12.1. The molecule has 2 atom stereocenters. The average molecular weight is 240 g/mol. The third kappa shape index (κ3) is 2.04. The smallest absolute Gasteiger partial charge is 0.104 e. The third-order valence-electron chi connectivity index (χ3n) is 3.67. The highest BCUT2D eigenvalue weighted by molar-refractivity contribution is 7.10. The number of aliphatic hydroxyl groups is 1. The Bertz CT molecular complexity index is 374. The maximum absolute atomic E-state index is 10.8. The lowest BCUT2D eigenvalue weighted by Gasteiger charge is -2.43. The van der Waals surface area contributed by atoms with E-state index in [-0.39, 0.29) is 5.60 Å². The van der Waals surface area contributed by atoms with Gasteiger partial charge in [0.15, 0.2) is 0 Å². The van der Waals surface area contributed by atoms with Gasteiger partial charge in [0.1, 0.15) is 5.60 Å². The van der Waals surface area contributed by atoms with Gasteiger partial charge in [-0.2, -0.15) is 0 Å². The molecule has 1 aromatic rings. The standard InChI is InChI=1S/C13H20O2S/c1-4-12(3)9-13(14,6-7-15-12)11-10(2)5-8-16-11/h5,8,14H,4,6-7,9H2,1-3H3. The van der Waals surface area contributed by atoms with Gasteiger partial charge in [0, 0.05) is 17.7 Å². The topological polar surface area (TPSA) is 29.5 Å². The van der Waals surface area contributed by atoms with Crippen LogP contribution in [-0.2, 0) is 10.3 Å². The summed E-state index contributed by atoms with van der Waals surface area (Å²) in [6, 6.07) is 2.08. The second-order valence-corrected chi connectivity index (χ2v) is 5.96. The molecule has 90 valence electrons. The van der Waals surface area contributed by atoms with E-state index in [1.54, 1.807) is 11.3 Å². The van der Waals surface area contributed by atoms with Crippen molar-refractivity contribution >= 4 is 11.3 Å². The van der Waals surface area contributed by atoms with Crippen LogP contribution in [0.5, 0.6) is 0 Å². The van der Waals surface area contributed by atoms with Crippen molar-refractivity contribution in [1.82, 2.24) is 0 Å². The van der Waals surface area contributed by atoms with Crippen LogP contribution in [0.25, 0.3) is 0 Å². The van der Waals surface area contributed by atoms with Crippen LogP contribution >= 0.6 is 11.3 Å². The number of thiophene rings is 1. The van der Waals surface area contributed by atoms with Gasteiger partial charge in [-0.15, -0.1) is 11.3 Å². The molecular weight excluding hydrogens is 220 g/mol. The van der Waals surface area contributed by atoms with Crippen LogP contribution in [0.4, 0.5) is 0 Å². The number of hydrogen-bond donors (Lipinski definition) is 1. The molecule has 2 nitrogen and oxygen atoms in total. The molecule has 1 aliphatic heterocycles. The average Bonchev–Trinajstić information content (AvgIpc) is 2.65. The molecule has 0 spiro atoms. The number of ether oxygens (including phenoxy) is 1. The second kappa shape index (κ2) is 4.13. The molecule has 3 heteroatoms. The van der Waals surface area contributed by atoms with E-state index in [1.165, 1.54) is 5.56 Å². The Morgan fingerprint density at radius 3 is 2.88 bits per heavy atom. The van der Waals surface area contributed by atoms with Crippen LogP contribution in [0.15, 0.2) is 11.4 Å². The zero-order valence-electron chi connectivity index (χ0n) is 10.2. The zero-order chi connectivity index (χ0) is 11.8. The molecule has 1 fully saturated rings. The van der Waals surface area contributed by atoms with Gasteiger partial charge in [-0.25, -0.2) is 0 Å². The molecule has 16 heavy (non-hydrogen) atoms. The van der Waals surface area contributed by atoms with E-state index < -0.39 is 5.60 Å². The second-order valence-electron chi connectivity index (χ2n) is 5.04. The molecule has 0 bridgehead atoms. The first-order valence-electron chi connectivity index (χ1n) is 5.90. The highest BCUT2D eigenvalue weighted by Gasteiger charge is 2.43. The van der Waals surface area contributed by atoms with Crippen LogP contribution in [0.2, 0.25) is 0 Å². The van der Waals surface area contributed by atoms with E-state index in [0.717, 1.165) is 11.3 Å². The molecule has 2 heterocycles. The molecule has 1 aliphatic rings. The van der Waals surface area contributed by atoms with Gasteiger partial charge in [0.05, 0.1) is 12.2 Å². The van der Waals surface area contributed by atoms with Gasteiger partial charge in [-0.3, -0.25) is 0 Å². The predicted molar refractivity (Wildman–Crippen MR) is 66.8 cm³/mol. The van der Waals surface area contributed by atoms with Crippen molar-refractivity contribution in [3.05, 3.63) is 21.9 Å². The molecule has 1 aromatic heterocycles. The molecule has 0 aliphatic carbocycles. The van der Waals surface area contributed by atoms with Crippen molar-refractivity contribution in [2.24, 2.45) is 0 Å². The van der Waals surface area contributed by atoms with E-state index >= 15 is 0 Å². The highest BCUT2D eigenvalue weighted by Crippen LogP contribution is 2.43. The monoisotopic (exact) mass is 240 g/mol. The number of hydrogen-bond acceptors (Lipinski definition) is 3. The van der Waals surface area contributed by atoms with Crippen LogP contribution in [0, 0.1) is 6.92 Å². The van der Waals surface area contributed by atoms with Crippen LogP contribution in [0.1, 0.15) is 43.6 Å². The summed E-state index contributed by atoms with van der Waals surface area (Å²) in [4.78, 5) is 1.12. The van der Waals surface area contributed by atoms with Crippen molar-refractivity contribution in [1.29, 1.82) is 0 Å². The van der Waals surface area contributed by atoms with Crippen LogP contribution in [-0.4, -0.2) is 17.3 Å². The minimum atomic E-state index is -0.679. The lowest BCUT2D eigenvalue weighted by Crippen LogP contribution is -2.45. The van der Waals surface area contributed by atoms with Gasteiger partial charge in [-0.1, -0.05) is 6.92 Å². The Hall–Kier alpha value is -0.380. The Labute approximate surface area is 101 Å². The van der Waals surface area contributed by atoms with E-state index in [4.69, 9.17) is 4.74 Å². The van der Waals surface area contributed by atoms with E-state index in [0.29, 0.717) is 19.4 Å². The summed E-state index contributed by atoms with van der Waals surface area (Å²) in [5, 5.41) is 12.9. The largest absolute Gasteiger partial charge is 0.384 e. The quantitative estimate of drug-likeness (QED) is 0.860. The lowest BCUT2D eigenvalue weighted by molar-refractivity contribution is -0.156. The summed E-state index contributed by atoms with van der Waals surface area (Å²) in [7, 11) is 0. The van der Waals surface area contributed by atoms with Gasteiger partial charge in [-0.05, 0) is 37.3 Å². The Balaban J connectivity index is 2.29. The zero-order valence-corrected chi connectivity index (χ0v) is 11.1. The Morgan fingerprint density at radius 2 is 2.31 bits per heavy atom. The molecule has 0 aromatic carbocycles. The van der Waals surface area contributed by atoms with Gasteiger partial charge in [0.25, 0.3) is 0 Å². The fourth-order valence-electron chi connectivity index (χ4n) is 2.49. The molecule has 1 N–H and O–H groups in total. The summed E-state index contributed by atoms with van der Waals surface area (Å²) in [5.41, 5.74) is 0.345. The molecule has 2 rings (SSSR count). The van der Waals surface area contributed by atoms with Crippen molar-refractivity contribution in [2.45, 2.75) is 51.2 Å². The van der Waals surface area contributed by atoms with Gasteiger partial charge >= 0.3 is 0 Å². The summed E-state index contributed by atoms with van der Waals surface area (Å²) in [5.74, 6) is 0. The molecule has 1 saturated heterocycles. The Morgan fingerprint density at radius 1 is 1.56 bits per heavy atom. The summed E-state index contributed by atoms with van der Waals surface area (Å²) < 4.78 is 5.79. The van der Waals surface area contributed by atoms with Gasteiger partial charge in [0.2, 0.25) is 0 Å². The molecule has 0 saturated carbocycles. The highest BCUT2D eigenvalue weighted by atomic mass is 32.1. The molecule has 2 unspecified atom stereocenters. The number of aryl methyl sites for hydroxylation is 1. The normalized spacial score (nSPS) is 35.2. The molecule has 0 amide bonds. The van der Waals surface area contributed by atoms with Crippen molar-refractivity contribution in [3.8, 4) is 0 Å².